The van der Waals surface area contributed by atoms with E-state index in [0.717, 1.165) is 4.31 Å². The van der Waals surface area contributed by atoms with Crippen LogP contribution < -0.4 is 9.62 Å². The molecular formula is C22H18Cl2F3N2O4S-. The van der Waals surface area contributed by atoms with Gasteiger partial charge in [-0.1, -0.05) is 65.7 Å². The van der Waals surface area contributed by atoms with Crippen molar-refractivity contribution in [3.05, 3.63) is 82.5 Å². The highest BCUT2D eigenvalue weighted by molar-refractivity contribution is 7.80. The number of halogens is 5. The van der Waals surface area contributed by atoms with Crippen molar-refractivity contribution in [3.63, 3.8) is 0 Å². The molecule has 2 aromatic carbocycles. The first-order chi connectivity index (χ1) is 15.9. The van der Waals surface area contributed by atoms with Crippen LogP contribution in [0.15, 0.2) is 71.4 Å². The zero-order valence-electron chi connectivity index (χ0n) is 17.6. The number of rotatable bonds is 7. The minimum Gasteiger partial charge on any atom is -0.755 e. The molecule has 0 saturated heterocycles. The van der Waals surface area contributed by atoms with Crippen molar-refractivity contribution >= 4 is 51.6 Å². The maximum absolute atomic E-state index is 13.2. The molecule has 0 saturated carbocycles. The van der Waals surface area contributed by atoms with Gasteiger partial charge in [0.2, 0.25) is 5.91 Å². The number of hydrogen-bond donors (Lipinski definition) is 1. The quantitative estimate of drug-likeness (QED) is 0.401. The molecule has 0 aliphatic heterocycles. The van der Waals surface area contributed by atoms with Crippen molar-refractivity contribution in [1.82, 2.24) is 5.32 Å². The molecule has 0 radical (unpaired) electrons. The van der Waals surface area contributed by atoms with Gasteiger partial charge in [0, 0.05) is 41.7 Å². The van der Waals surface area contributed by atoms with Gasteiger partial charge in [-0.25, -0.2) is 0 Å². The molecule has 34 heavy (non-hydrogen) atoms. The van der Waals surface area contributed by atoms with Crippen molar-refractivity contribution in [2.45, 2.75) is 24.3 Å². The number of anilines is 1. The molecular weight excluding hydrogens is 516 g/mol. The van der Waals surface area contributed by atoms with Gasteiger partial charge >= 0.3 is 6.36 Å². The number of ether oxygens (including phenoxy) is 1. The number of nitrogens with one attached hydrogen (secondary N) is 1. The van der Waals surface area contributed by atoms with Gasteiger partial charge in [-0.05, 0) is 29.3 Å². The molecule has 2 aromatic rings. The monoisotopic (exact) mass is 533 g/mol. The van der Waals surface area contributed by atoms with Crippen LogP contribution in [0.2, 0.25) is 0 Å². The van der Waals surface area contributed by atoms with Gasteiger partial charge < -0.3 is 14.2 Å². The molecule has 2 unspecified atom stereocenters. The van der Waals surface area contributed by atoms with Crippen LogP contribution in [0.25, 0.3) is 5.57 Å². The van der Waals surface area contributed by atoms with E-state index < -0.39 is 35.0 Å². The summed E-state index contributed by atoms with van der Waals surface area (Å²) in [5.41, 5.74) is 1.28. The van der Waals surface area contributed by atoms with Gasteiger partial charge in [0.15, 0.2) is 5.06 Å². The van der Waals surface area contributed by atoms with Crippen LogP contribution in [-0.2, 0) is 27.2 Å². The van der Waals surface area contributed by atoms with Gasteiger partial charge in [0.05, 0.1) is 11.5 Å². The number of carbonyl (C=O) groups excluding carboxylic acids is 1. The van der Waals surface area contributed by atoms with Crippen molar-refractivity contribution in [2.75, 3.05) is 11.4 Å². The standard InChI is InChI=1S/C22H19Cl2F3N2O4S/c1-29(34(31)32)17-9-7-14(8-10-17)11-19(30)28-16-12-18(23)20(15-5-3-2-4-6-15)21(24,13-16)33-22(25,26)27/h2-10,12H,11,13H2,1H3,(H,28,30)(H,31,32)/p-1. The second-order valence-electron chi connectivity index (χ2n) is 7.32. The fraction of sp³-hybridized carbons (Fsp3) is 0.227. The SMILES string of the molecule is CN(c1ccc(CC(=O)NC2=CC(Cl)=C(c3ccccc3)C(Cl)(OC(F)(F)F)C2)cc1)S(=O)[O-]. The maximum Gasteiger partial charge on any atom is 0.524 e. The lowest BCUT2D eigenvalue weighted by Crippen LogP contribution is -2.39. The van der Waals surface area contributed by atoms with E-state index in [1.54, 1.807) is 42.5 Å². The van der Waals surface area contributed by atoms with E-state index in [1.807, 2.05) is 0 Å². The third-order valence-corrected chi connectivity index (χ3v) is 6.22. The molecule has 0 spiro atoms. The highest BCUT2D eigenvalue weighted by Crippen LogP contribution is 2.48. The van der Waals surface area contributed by atoms with Crippen molar-refractivity contribution in [3.8, 4) is 0 Å². The zero-order chi connectivity index (χ0) is 25.1. The van der Waals surface area contributed by atoms with Gasteiger partial charge in [-0.15, -0.1) is 13.2 Å². The lowest BCUT2D eigenvalue weighted by atomic mass is 9.92. The molecule has 1 N–H and O–H groups in total. The number of nitrogens with zero attached hydrogens (tertiary/aromatic N) is 1. The first kappa shape index (κ1) is 26.2. The van der Waals surface area contributed by atoms with E-state index in [0.29, 0.717) is 16.8 Å². The molecule has 2 atom stereocenters. The molecule has 3 rings (SSSR count). The minimum absolute atomic E-state index is 0.0482. The molecule has 12 heteroatoms. The molecule has 1 aliphatic carbocycles. The number of allylic oxidation sites excluding steroid dienone is 2. The van der Waals surface area contributed by atoms with Crippen LogP contribution in [0.1, 0.15) is 17.5 Å². The molecule has 0 fully saturated rings. The topological polar surface area (TPSA) is 81.7 Å². The summed E-state index contributed by atoms with van der Waals surface area (Å²) in [7, 11) is 1.36. The Morgan fingerprint density at radius 3 is 2.38 bits per heavy atom. The van der Waals surface area contributed by atoms with Crippen LogP contribution in [-0.4, -0.2) is 33.1 Å². The summed E-state index contributed by atoms with van der Waals surface area (Å²) in [5.74, 6) is -0.529. The molecule has 0 aromatic heterocycles. The van der Waals surface area contributed by atoms with E-state index in [9.17, 15) is 26.7 Å². The van der Waals surface area contributed by atoms with Gasteiger partial charge in [0.25, 0.3) is 0 Å². The van der Waals surface area contributed by atoms with Crippen molar-refractivity contribution < 1.29 is 31.5 Å². The van der Waals surface area contributed by atoms with E-state index in [1.165, 1.54) is 25.3 Å². The predicted octanol–water partition coefficient (Wildman–Crippen LogP) is 4.98. The summed E-state index contributed by atoms with van der Waals surface area (Å²) in [4.78, 5) is 12.5. The molecule has 6 nitrogen and oxygen atoms in total. The molecule has 0 bridgehead atoms. The Morgan fingerprint density at radius 2 is 1.82 bits per heavy atom. The second kappa shape index (κ2) is 10.5. The summed E-state index contributed by atoms with van der Waals surface area (Å²) >= 11 is 10.2. The van der Waals surface area contributed by atoms with Gasteiger partial charge in [-0.2, -0.15) is 0 Å². The summed E-state index contributed by atoms with van der Waals surface area (Å²) < 4.78 is 66.9. The Morgan fingerprint density at radius 1 is 1.21 bits per heavy atom. The zero-order valence-corrected chi connectivity index (χ0v) is 19.9. The van der Waals surface area contributed by atoms with Crippen molar-refractivity contribution in [1.29, 1.82) is 0 Å². The Kier molecular flexibility index (Phi) is 8.10. The third-order valence-electron chi connectivity index (χ3n) is 4.86. The number of hydrogen-bond acceptors (Lipinski definition) is 4. The minimum atomic E-state index is -5.06. The van der Waals surface area contributed by atoms with E-state index in [4.69, 9.17) is 23.2 Å². The van der Waals surface area contributed by atoms with E-state index in [-0.39, 0.29) is 22.7 Å². The van der Waals surface area contributed by atoms with Crippen LogP contribution in [0.3, 0.4) is 0 Å². The molecule has 182 valence electrons. The Balaban J connectivity index is 1.81. The lowest BCUT2D eigenvalue weighted by molar-refractivity contribution is -0.342. The lowest BCUT2D eigenvalue weighted by Gasteiger charge is -2.35. The maximum atomic E-state index is 13.2. The number of amides is 1. The first-order valence-electron chi connectivity index (χ1n) is 9.72. The van der Waals surface area contributed by atoms with Crippen LogP contribution in [0.4, 0.5) is 18.9 Å². The van der Waals surface area contributed by atoms with Crippen molar-refractivity contribution in [2.24, 2.45) is 0 Å². The van der Waals surface area contributed by atoms with Crippen LogP contribution in [0, 0.1) is 0 Å². The number of benzene rings is 2. The summed E-state index contributed by atoms with van der Waals surface area (Å²) in [6, 6.07) is 14.2. The molecule has 1 amide bonds. The van der Waals surface area contributed by atoms with Gasteiger partial charge in [0.1, 0.15) is 0 Å². The summed E-state index contributed by atoms with van der Waals surface area (Å²) in [6.45, 7) is 0. The third kappa shape index (κ3) is 6.61. The molecule has 1 aliphatic rings. The Hall–Kier alpha value is -2.37. The number of alkyl halides is 4. The average molecular weight is 534 g/mol. The van der Waals surface area contributed by atoms with E-state index in [2.05, 4.69) is 10.1 Å². The van der Waals surface area contributed by atoms with Crippen LogP contribution in [0.5, 0.6) is 0 Å². The Bertz CT molecular complexity index is 1140. The largest absolute Gasteiger partial charge is 0.755 e. The Labute approximate surface area is 206 Å². The fourth-order valence-electron chi connectivity index (χ4n) is 3.42. The van der Waals surface area contributed by atoms with E-state index >= 15 is 0 Å². The summed E-state index contributed by atoms with van der Waals surface area (Å²) in [6.07, 6.45) is -4.35. The predicted molar refractivity (Wildman–Crippen MR) is 123 cm³/mol. The van der Waals surface area contributed by atoms with Crippen LogP contribution >= 0.6 is 23.2 Å². The smallest absolute Gasteiger partial charge is 0.524 e. The first-order valence-corrected chi connectivity index (χ1v) is 11.5. The number of carbonyl (C=O) groups is 1. The normalized spacial score (nSPS) is 19.4. The highest BCUT2D eigenvalue weighted by Gasteiger charge is 2.48. The second-order valence-corrected chi connectivity index (χ2v) is 9.32. The van der Waals surface area contributed by atoms with Gasteiger partial charge in [-0.3, -0.25) is 13.7 Å². The summed E-state index contributed by atoms with van der Waals surface area (Å²) in [5, 5.41) is 0.0280. The molecule has 0 heterocycles. The fourth-order valence-corrected chi connectivity index (χ4v) is 4.59. The highest BCUT2D eigenvalue weighted by atomic mass is 35.5. The average Bonchev–Trinajstić information content (AvgIpc) is 2.72.